The van der Waals surface area contributed by atoms with Gasteiger partial charge in [0.1, 0.15) is 0 Å². The lowest BCUT2D eigenvalue weighted by Crippen LogP contribution is -2.32. The van der Waals surface area contributed by atoms with Crippen molar-refractivity contribution >= 4 is 22.2 Å². The third-order valence-electron chi connectivity index (χ3n) is 1.18. The summed E-state index contributed by atoms with van der Waals surface area (Å²) in [5.41, 5.74) is 5.35. The van der Waals surface area contributed by atoms with E-state index in [4.69, 9.17) is 5.73 Å². The molecule has 0 saturated carbocycles. The van der Waals surface area contributed by atoms with Crippen LogP contribution in [0.1, 0.15) is 6.92 Å². The van der Waals surface area contributed by atoms with Gasteiger partial charge in [-0.15, -0.1) is 11.3 Å². The van der Waals surface area contributed by atoms with Crippen LogP contribution in [0.15, 0.2) is 17.5 Å². The largest absolute Gasteiger partial charge is 0.320 e. The lowest BCUT2D eigenvalue weighted by Gasteiger charge is -2.03. The smallest absolute Gasteiger partial charge is 0.241 e. The maximum absolute atomic E-state index is 11.0. The molecule has 1 rings (SSSR count). The summed E-state index contributed by atoms with van der Waals surface area (Å²) in [7, 11) is 0. The van der Waals surface area contributed by atoms with Crippen molar-refractivity contribution in [2.75, 3.05) is 5.32 Å². The second kappa shape index (κ2) is 3.50. The monoisotopic (exact) mass is 170 g/mol. The van der Waals surface area contributed by atoms with Crippen molar-refractivity contribution in [2.45, 2.75) is 13.0 Å². The molecule has 0 radical (unpaired) electrons. The molecule has 0 fully saturated rings. The summed E-state index contributed by atoms with van der Waals surface area (Å²) in [6, 6.07) is 3.27. The predicted molar refractivity (Wildman–Crippen MR) is 46.6 cm³/mol. The van der Waals surface area contributed by atoms with Gasteiger partial charge in [-0.05, 0) is 24.4 Å². The number of anilines is 1. The lowest BCUT2D eigenvalue weighted by atomic mass is 10.3. The summed E-state index contributed by atoms with van der Waals surface area (Å²) < 4.78 is 0. The van der Waals surface area contributed by atoms with E-state index < -0.39 is 6.04 Å². The van der Waals surface area contributed by atoms with Crippen LogP contribution in [0, 0.1) is 0 Å². The molecule has 1 amide bonds. The summed E-state index contributed by atoms with van der Waals surface area (Å²) in [4.78, 5) is 11.0. The topological polar surface area (TPSA) is 55.1 Å². The number of thiophene rings is 1. The first-order valence-electron chi connectivity index (χ1n) is 3.30. The van der Waals surface area contributed by atoms with Crippen molar-refractivity contribution in [2.24, 2.45) is 5.73 Å². The van der Waals surface area contributed by atoms with Crippen molar-refractivity contribution < 1.29 is 4.79 Å². The van der Waals surface area contributed by atoms with Gasteiger partial charge in [-0.2, -0.15) is 0 Å². The highest BCUT2D eigenvalue weighted by molar-refractivity contribution is 7.14. The molecule has 0 bridgehead atoms. The Bertz CT molecular complexity index is 231. The molecule has 1 aromatic rings. The number of nitrogens with one attached hydrogen (secondary N) is 1. The van der Waals surface area contributed by atoms with Crippen molar-refractivity contribution in [1.82, 2.24) is 0 Å². The van der Waals surface area contributed by atoms with Gasteiger partial charge in [0.05, 0.1) is 11.0 Å². The second-order valence-corrected chi connectivity index (χ2v) is 3.20. The van der Waals surface area contributed by atoms with E-state index in [1.807, 2.05) is 17.5 Å². The molecule has 0 aromatic carbocycles. The van der Waals surface area contributed by atoms with Gasteiger partial charge in [0.25, 0.3) is 0 Å². The summed E-state index contributed by atoms with van der Waals surface area (Å²) in [6.45, 7) is 1.66. The molecule has 0 spiro atoms. The second-order valence-electron chi connectivity index (χ2n) is 2.26. The van der Waals surface area contributed by atoms with Gasteiger partial charge in [0, 0.05) is 0 Å². The zero-order valence-electron chi connectivity index (χ0n) is 6.20. The minimum Gasteiger partial charge on any atom is -0.320 e. The molecular weight excluding hydrogens is 160 g/mol. The SMILES string of the molecule is C[C@H](N)C(=O)Nc1cccs1. The number of carbonyl (C=O) groups is 1. The van der Waals surface area contributed by atoms with Crippen LogP contribution in [0.2, 0.25) is 0 Å². The van der Waals surface area contributed by atoms with Gasteiger partial charge in [0.15, 0.2) is 0 Å². The number of amides is 1. The van der Waals surface area contributed by atoms with Crippen LogP contribution in [0.3, 0.4) is 0 Å². The molecule has 1 aromatic heterocycles. The van der Waals surface area contributed by atoms with Crippen molar-refractivity contribution in [1.29, 1.82) is 0 Å². The normalized spacial score (nSPS) is 12.5. The van der Waals surface area contributed by atoms with Crippen LogP contribution in [-0.4, -0.2) is 11.9 Å². The van der Waals surface area contributed by atoms with E-state index in [0.29, 0.717) is 0 Å². The molecule has 11 heavy (non-hydrogen) atoms. The van der Waals surface area contributed by atoms with Crippen LogP contribution in [0.5, 0.6) is 0 Å². The average Bonchev–Trinajstić information content (AvgIpc) is 2.39. The van der Waals surface area contributed by atoms with Gasteiger partial charge >= 0.3 is 0 Å². The highest BCUT2D eigenvalue weighted by Gasteiger charge is 2.06. The molecule has 0 aliphatic heterocycles. The number of hydrogen-bond acceptors (Lipinski definition) is 3. The zero-order valence-corrected chi connectivity index (χ0v) is 7.02. The molecule has 0 aliphatic carbocycles. The quantitative estimate of drug-likeness (QED) is 0.696. The van der Waals surface area contributed by atoms with Crippen LogP contribution in [-0.2, 0) is 4.79 Å². The third-order valence-corrected chi connectivity index (χ3v) is 1.97. The van der Waals surface area contributed by atoms with E-state index in [9.17, 15) is 4.79 Å². The molecular formula is C7H10N2OS. The van der Waals surface area contributed by atoms with Gasteiger partial charge in [-0.1, -0.05) is 0 Å². The first kappa shape index (κ1) is 8.23. The Balaban J connectivity index is 2.50. The Hall–Kier alpha value is -0.870. The van der Waals surface area contributed by atoms with Gasteiger partial charge in [0.2, 0.25) is 5.91 Å². The molecule has 3 nitrogen and oxygen atoms in total. The molecule has 1 atom stereocenters. The van der Waals surface area contributed by atoms with Crippen LogP contribution >= 0.6 is 11.3 Å². The van der Waals surface area contributed by atoms with Crippen LogP contribution in [0.4, 0.5) is 5.00 Å². The number of nitrogens with two attached hydrogens (primary N) is 1. The van der Waals surface area contributed by atoms with E-state index in [0.717, 1.165) is 5.00 Å². The molecule has 0 saturated heterocycles. The van der Waals surface area contributed by atoms with Crippen molar-refractivity contribution in [3.8, 4) is 0 Å². The fourth-order valence-electron chi connectivity index (χ4n) is 0.585. The standard InChI is InChI=1S/C7H10N2OS/c1-5(8)7(10)9-6-3-2-4-11-6/h2-5H,8H2,1H3,(H,9,10)/t5-/m0/s1. The lowest BCUT2D eigenvalue weighted by molar-refractivity contribution is -0.117. The molecule has 0 aliphatic rings. The van der Waals surface area contributed by atoms with Gasteiger partial charge in [-0.3, -0.25) is 4.79 Å². The molecule has 4 heteroatoms. The fraction of sp³-hybridized carbons (Fsp3) is 0.286. The maximum Gasteiger partial charge on any atom is 0.241 e. The van der Waals surface area contributed by atoms with E-state index in [2.05, 4.69) is 5.32 Å². The molecule has 0 unspecified atom stereocenters. The first-order chi connectivity index (χ1) is 5.20. The molecule has 1 heterocycles. The first-order valence-corrected chi connectivity index (χ1v) is 4.18. The van der Waals surface area contributed by atoms with Gasteiger partial charge in [-0.25, -0.2) is 0 Å². The Morgan fingerprint density at radius 1 is 1.82 bits per heavy atom. The van der Waals surface area contributed by atoms with Gasteiger partial charge < -0.3 is 11.1 Å². The van der Waals surface area contributed by atoms with E-state index in [-0.39, 0.29) is 5.91 Å². The highest BCUT2D eigenvalue weighted by Crippen LogP contribution is 2.14. The summed E-state index contributed by atoms with van der Waals surface area (Å²) in [5.74, 6) is -0.146. The summed E-state index contributed by atoms with van der Waals surface area (Å²) in [5, 5.41) is 5.42. The maximum atomic E-state index is 11.0. The highest BCUT2D eigenvalue weighted by atomic mass is 32.1. The fourth-order valence-corrected chi connectivity index (χ4v) is 1.21. The minimum atomic E-state index is -0.447. The zero-order chi connectivity index (χ0) is 8.27. The average molecular weight is 170 g/mol. The van der Waals surface area contributed by atoms with Crippen LogP contribution < -0.4 is 11.1 Å². The molecule has 60 valence electrons. The van der Waals surface area contributed by atoms with Crippen molar-refractivity contribution in [3.63, 3.8) is 0 Å². The summed E-state index contributed by atoms with van der Waals surface area (Å²) in [6.07, 6.45) is 0. The Labute approximate surface area is 69.2 Å². The minimum absolute atomic E-state index is 0.146. The van der Waals surface area contributed by atoms with Crippen molar-refractivity contribution in [3.05, 3.63) is 17.5 Å². The van der Waals surface area contributed by atoms with E-state index in [1.54, 1.807) is 6.92 Å². The van der Waals surface area contributed by atoms with E-state index in [1.165, 1.54) is 11.3 Å². The van der Waals surface area contributed by atoms with E-state index >= 15 is 0 Å². The third kappa shape index (κ3) is 2.32. The Morgan fingerprint density at radius 2 is 2.55 bits per heavy atom. The number of rotatable bonds is 2. The predicted octanol–water partition coefficient (Wildman–Crippen LogP) is 1.03. The Kier molecular flexibility index (Phi) is 2.62. The number of carbonyl (C=O) groups excluding carboxylic acids is 1. The number of hydrogen-bond donors (Lipinski definition) is 2. The van der Waals surface area contributed by atoms with Crippen LogP contribution in [0.25, 0.3) is 0 Å². The molecule has 3 N–H and O–H groups in total. The summed E-state index contributed by atoms with van der Waals surface area (Å²) >= 11 is 1.48. The Morgan fingerprint density at radius 3 is 3.00 bits per heavy atom.